The van der Waals surface area contributed by atoms with Crippen LogP contribution < -0.4 is 10.6 Å². The van der Waals surface area contributed by atoms with Gasteiger partial charge in [0.2, 0.25) is 5.91 Å². The predicted molar refractivity (Wildman–Crippen MR) is 133 cm³/mol. The molecule has 1 atom stereocenters. The van der Waals surface area contributed by atoms with Gasteiger partial charge in [0.25, 0.3) is 11.8 Å². The first-order valence-corrected chi connectivity index (χ1v) is 12.0. The maximum atomic E-state index is 13.9. The predicted octanol–water partition coefficient (Wildman–Crippen LogP) is 3.20. The monoisotopic (exact) mass is 491 g/mol. The first-order valence-electron chi connectivity index (χ1n) is 12.0. The van der Waals surface area contributed by atoms with Gasteiger partial charge in [-0.1, -0.05) is 55.0 Å². The van der Waals surface area contributed by atoms with Gasteiger partial charge in [0.05, 0.1) is 12.9 Å². The molecule has 1 aliphatic heterocycles. The zero-order chi connectivity index (χ0) is 25.9. The van der Waals surface area contributed by atoms with E-state index < -0.39 is 23.2 Å². The average Bonchev–Trinajstić information content (AvgIpc) is 3.29. The number of rotatable bonds is 8. The third-order valence-corrected chi connectivity index (χ3v) is 6.48. The summed E-state index contributed by atoms with van der Waals surface area (Å²) in [6, 6.07) is 14.0. The van der Waals surface area contributed by atoms with Crippen molar-refractivity contribution in [2.75, 3.05) is 6.54 Å². The van der Waals surface area contributed by atoms with Crippen LogP contribution in [0.3, 0.4) is 0 Å². The van der Waals surface area contributed by atoms with E-state index in [0.29, 0.717) is 25.1 Å². The molecule has 0 bridgehead atoms. The summed E-state index contributed by atoms with van der Waals surface area (Å²) in [6.45, 7) is 6.44. The summed E-state index contributed by atoms with van der Waals surface area (Å²) in [5, 5.41) is 5.60. The molecule has 8 nitrogen and oxygen atoms in total. The van der Waals surface area contributed by atoms with E-state index in [0.717, 1.165) is 11.1 Å². The van der Waals surface area contributed by atoms with Crippen molar-refractivity contribution in [1.82, 2.24) is 25.1 Å². The molecule has 1 aromatic heterocycles. The number of hydrogen-bond acceptors (Lipinski definition) is 4. The third kappa shape index (κ3) is 4.86. The van der Waals surface area contributed by atoms with Crippen molar-refractivity contribution in [2.24, 2.45) is 0 Å². The molecule has 1 aliphatic rings. The van der Waals surface area contributed by atoms with Crippen LogP contribution in [-0.2, 0) is 24.4 Å². The van der Waals surface area contributed by atoms with Gasteiger partial charge >= 0.3 is 0 Å². The van der Waals surface area contributed by atoms with Gasteiger partial charge in [-0.3, -0.25) is 14.4 Å². The van der Waals surface area contributed by atoms with Gasteiger partial charge in [0, 0.05) is 25.2 Å². The standard InChI is InChI=1S/C27H30FN5O3/c1-4-13-33-25(35)23-22(24(34)29-15-20-7-5-6-8-21(20)28)31-17-32(23)16-27(33,3)26(36)30-14-19-11-9-18(2)10-12-19/h5-12,17H,4,13-16H2,1-3H3,(H,29,34)(H,30,36)/t27-/m0/s1. The van der Waals surface area contributed by atoms with Crippen LogP contribution in [0.5, 0.6) is 0 Å². The molecule has 3 aromatic rings. The van der Waals surface area contributed by atoms with Crippen molar-refractivity contribution >= 4 is 17.7 Å². The van der Waals surface area contributed by atoms with Crippen LogP contribution in [0.4, 0.5) is 4.39 Å². The van der Waals surface area contributed by atoms with Gasteiger partial charge in [-0.25, -0.2) is 9.37 Å². The molecule has 9 heteroatoms. The zero-order valence-corrected chi connectivity index (χ0v) is 20.7. The molecular weight excluding hydrogens is 461 g/mol. The molecule has 2 N–H and O–H groups in total. The second-order valence-corrected chi connectivity index (χ2v) is 9.24. The van der Waals surface area contributed by atoms with Crippen LogP contribution in [0.2, 0.25) is 0 Å². The summed E-state index contributed by atoms with van der Waals surface area (Å²) in [5.41, 5.74) is 1.34. The summed E-state index contributed by atoms with van der Waals surface area (Å²) < 4.78 is 15.5. The fourth-order valence-corrected chi connectivity index (χ4v) is 4.41. The quantitative estimate of drug-likeness (QED) is 0.506. The maximum Gasteiger partial charge on any atom is 0.273 e. The Kier molecular flexibility index (Phi) is 7.19. The average molecular weight is 492 g/mol. The van der Waals surface area contributed by atoms with E-state index in [4.69, 9.17) is 0 Å². The molecule has 36 heavy (non-hydrogen) atoms. The lowest BCUT2D eigenvalue weighted by atomic mass is 9.93. The molecule has 3 amide bonds. The van der Waals surface area contributed by atoms with Crippen LogP contribution in [-0.4, -0.2) is 44.3 Å². The van der Waals surface area contributed by atoms with Gasteiger partial charge in [-0.05, 0) is 31.9 Å². The number of imidazole rings is 1. The number of carbonyl (C=O) groups is 3. The van der Waals surface area contributed by atoms with Crippen LogP contribution in [0.1, 0.15) is 57.9 Å². The summed E-state index contributed by atoms with van der Waals surface area (Å²) in [5.74, 6) is -1.73. The molecule has 2 heterocycles. The number of aryl methyl sites for hydroxylation is 1. The molecule has 0 fully saturated rings. The fraction of sp³-hybridized carbons (Fsp3) is 0.333. The van der Waals surface area contributed by atoms with E-state index in [1.165, 1.54) is 17.3 Å². The van der Waals surface area contributed by atoms with E-state index in [9.17, 15) is 18.8 Å². The molecule has 0 spiro atoms. The Balaban J connectivity index is 1.54. The van der Waals surface area contributed by atoms with Crippen molar-refractivity contribution in [3.63, 3.8) is 0 Å². The highest BCUT2D eigenvalue weighted by Crippen LogP contribution is 2.29. The Bertz CT molecular complexity index is 1290. The van der Waals surface area contributed by atoms with Crippen LogP contribution >= 0.6 is 0 Å². The maximum absolute atomic E-state index is 13.9. The number of aromatic nitrogens is 2. The van der Waals surface area contributed by atoms with Gasteiger partial charge in [-0.15, -0.1) is 0 Å². The van der Waals surface area contributed by atoms with Crippen LogP contribution in [0.15, 0.2) is 54.9 Å². The van der Waals surface area contributed by atoms with Crippen molar-refractivity contribution < 1.29 is 18.8 Å². The van der Waals surface area contributed by atoms with E-state index in [2.05, 4.69) is 15.6 Å². The Hall–Kier alpha value is -4.01. The smallest absolute Gasteiger partial charge is 0.273 e. The molecule has 0 aliphatic carbocycles. The molecule has 0 unspecified atom stereocenters. The normalized spacial score (nSPS) is 17.0. The van der Waals surface area contributed by atoms with Crippen molar-refractivity contribution in [3.05, 3.63) is 88.8 Å². The minimum Gasteiger partial charge on any atom is -0.350 e. The van der Waals surface area contributed by atoms with E-state index in [-0.39, 0.29) is 30.4 Å². The Morgan fingerprint density at radius 1 is 1.08 bits per heavy atom. The van der Waals surface area contributed by atoms with E-state index in [1.807, 2.05) is 38.1 Å². The lowest BCUT2D eigenvalue weighted by Gasteiger charge is -2.43. The summed E-state index contributed by atoms with van der Waals surface area (Å²) in [4.78, 5) is 45.6. The first kappa shape index (κ1) is 25.1. The minimum atomic E-state index is -1.16. The molecule has 0 radical (unpaired) electrons. The Labute approximate surface area is 209 Å². The topological polar surface area (TPSA) is 96.3 Å². The molecule has 0 saturated heterocycles. The summed E-state index contributed by atoms with van der Waals surface area (Å²) in [7, 11) is 0. The number of benzene rings is 2. The van der Waals surface area contributed by atoms with E-state index in [1.54, 1.807) is 29.7 Å². The molecular formula is C27H30FN5O3. The number of carbonyl (C=O) groups excluding carboxylic acids is 3. The van der Waals surface area contributed by atoms with Gasteiger partial charge in [0.15, 0.2) is 5.69 Å². The highest BCUT2D eigenvalue weighted by Gasteiger charge is 2.48. The fourth-order valence-electron chi connectivity index (χ4n) is 4.41. The number of nitrogens with zero attached hydrogens (tertiary/aromatic N) is 3. The second-order valence-electron chi connectivity index (χ2n) is 9.24. The molecule has 2 aromatic carbocycles. The summed E-state index contributed by atoms with van der Waals surface area (Å²) in [6.07, 6.45) is 2.04. The van der Waals surface area contributed by atoms with Gasteiger partial charge in [-0.2, -0.15) is 0 Å². The molecule has 0 saturated carbocycles. The largest absolute Gasteiger partial charge is 0.350 e. The van der Waals surface area contributed by atoms with Gasteiger partial charge < -0.3 is 20.1 Å². The molecule has 188 valence electrons. The first-order chi connectivity index (χ1) is 17.2. The highest BCUT2D eigenvalue weighted by atomic mass is 19.1. The second kappa shape index (κ2) is 10.3. The number of halogens is 1. The van der Waals surface area contributed by atoms with Crippen molar-refractivity contribution in [2.45, 2.75) is 52.4 Å². The number of nitrogens with one attached hydrogen (secondary N) is 2. The summed E-state index contributed by atoms with van der Waals surface area (Å²) >= 11 is 0. The van der Waals surface area contributed by atoms with Crippen LogP contribution in [0.25, 0.3) is 0 Å². The molecule has 4 rings (SSSR count). The zero-order valence-electron chi connectivity index (χ0n) is 20.7. The highest BCUT2D eigenvalue weighted by molar-refractivity contribution is 6.07. The minimum absolute atomic E-state index is 0.0379. The van der Waals surface area contributed by atoms with Crippen molar-refractivity contribution in [3.8, 4) is 0 Å². The Morgan fingerprint density at radius 3 is 2.50 bits per heavy atom. The Morgan fingerprint density at radius 2 is 1.81 bits per heavy atom. The van der Waals surface area contributed by atoms with Crippen LogP contribution in [0, 0.1) is 12.7 Å². The number of hydrogen-bond donors (Lipinski definition) is 2. The lowest BCUT2D eigenvalue weighted by Crippen LogP contribution is -2.64. The lowest BCUT2D eigenvalue weighted by molar-refractivity contribution is -0.133. The third-order valence-electron chi connectivity index (χ3n) is 6.48. The number of amides is 3. The SMILES string of the molecule is CCCN1C(=O)c2c(C(=O)NCc3ccccc3F)ncn2C[C@@]1(C)C(=O)NCc1ccc(C)cc1. The van der Waals surface area contributed by atoms with E-state index >= 15 is 0 Å². The number of fused-ring (bicyclic) bond motifs is 1. The van der Waals surface area contributed by atoms with Crippen molar-refractivity contribution in [1.29, 1.82) is 0 Å². The van der Waals surface area contributed by atoms with Gasteiger partial charge in [0.1, 0.15) is 17.1 Å².